The van der Waals surface area contributed by atoms with E-state index in [4.69, 9.17) is 0 Å². The van der Waals surface area contributed by atoms with Gasteiger partial charge in [0.2, 0.25) is 0 Å². The van der Waals surface area contributed by atoms with E-state index in [0.717, 1.165) is 0 Å². The Balaban J connectivity index is 2.09. The number of Topliss-reactive ketones (excluding diaryl/α,β-unsaturated/α-hetero) is 1. The molecule has 0 aliphatic heterocycles. The monoisotopic (exact) mass is 390 g/mol. The van der Waals surface area contributed by atoms with Crippen molar-refractivity contribution in [3.05, 3.63) is 113 Å². The standard InChI is InChI=1S/C26H18N2O2/c27-17-25(18-28)16-26(30,21-14-8-3-9-15-21)23(22(25)19-10-4-1-5-11-19)24(29)20-12-6-2-7-13-20/h1-15,30H,16H2. The lowest BCUT2D eigenvalue weighted by molar-refractivity contribution is 0.0588. The highest BCUT2D eigenvalue weighted by atomic mass is 16.3. The van der Waals surface area contributed by atoms with Gasteiger partial charge in [-0.2, -0.15) is 10.5 Å². The molecule has 0 spiro atoms. The van der Waals surface area contributed by atoms with Crippen LogP contribution in [0.5, 0.6) is 0 Å². The van der Waals surface area contributed by atoms with Crippen molar-refractivity contribution in [3.63, 3.8) is 0 Å². The Morgan fingerprint density at radius 1 is 0.800 bits per heavy atom. The van der Waals surface area contributed by atoms with Gasteiger partial charge >= 0.3 is 0 Å². The zero-order chi connectivity index (χ0) is 21.2. The van der Waals surface area contributed by atoms with Crippen LogP contribution in [0, 0.1) is 28.1 Å². The Labute approximate surface area is 175 Å². The van der Waals surface area contributed by atoms with Crippen molar-refractivity contribution >= 4 is 11.4 Å². The molecule has 0 fully saturated rings. The van der Waals surface area contributed by atoms with Crippen molar-refractivity contribution in [3.8, 4) is 12.1 Å². The second-order valence-corrected chi connectivity index (χ2v) is 7.34. The van der Waals surface area contributed by atoms with Crippen LogP contribution >= 0.6 is 0 Å². The number of hydrogen-bond acceptors (Lipinski definition) is 4. The molecule has 0 aromatic heterocycles. The molecule has 1 N–H and O–H groups in total. The fraction of sp³-hybridized carbons (Fsp3) is 0.115. The lowest BCUT2D eigenvalue weighted by Crippen LogP contribution is -2.31. The highest BCUT2D eigenvalue weighted by molar-refractivity contribution is 6.16. The van der Waals surface area contributed by atoms with Crippen LogP contribution < -0.4 is 0 Å². The summed E-state index contributed by atoms with van der Waals surface area (Å²) < 4.78 is 0. The van der Waals surface area contributed by atoms with Gasteiger partial charge in [0.1, 0.15) is 5.60 Å². The number of ketones is 1. The molecule has 1 unspecified atom stereocenters. The number of hydrogen-bond donors (Lipinski definition) is 1. The number of nitriles is 2. The van der Waals surface area contributed by atoms with E-state index in [1.807, 2.05) is 12.1 Å². The predicted molar refractivity (Wildman–Crippen MR) is 113 cm³/mol. The van der Waals surface area contributed by atoms with Crippen LogP contribution in [-0.2, 0) is 5.60 Å². The Morgan fingerprint density at radius 2 is 1.30 bits per heavy atom. The van der Waals surface area contributed by atoms with Crippen molar-refractivity contribution < 1.29 is 9.90 Å². The normalized spacial score (nSPS) is 19.7. The molecule has 0 amide bonds. The number of rotatable bonds is 4. The number of aliphatic hydroxyl groups is 1. The maximum atomic E-state index is 13.7. The van der Waals surface area contributed by atoms with Crippen LogP contribution in [0.3, 0.4) is 0 Å². The van der Waals surface area contributed by atoms with Crippen LogP contribution in [0.15, 0.2) is 96.6 Å². The van der Waals surface area contributed by atoms with Gasteiger partial charge in [-0.05, 0) is 11.1 Å². The van der Waals surface area contributed by atoms with Gasteiger partial charge in [0.15, 0.2) is 11.2 Å². The van der Waals surface area contributed by atoms with Gasteiger partial charge in [0.05, 0.1) is 12.1 Å². The molecular formula is C26H18N2O2. The minimum Gasteiger partial charge on any atom is -0.380 e. The number of nitrogens with zero attached hydrogens (tertiary/aromatic N) is 2. The lowest BCUT2D eigenvalue weighted by atomic mass is 9.78. The van der Waals surface area contributed by atoms with Gasteiger partial charge < -0.3 is 5.11 Å². The van der Waals surface area contributed by atoms with Crippen molar-refractivity contribution in [1.82, 2.24) is 0 Å². The molecule has 0 radical (unpaired) electrons. The minimum absolute atomic E-state index is 0.0780. The summed E-state index contributed by atoms with van der Waals surface area (Å²) in [5.74, 6) is -0.395. The van der Waals surface area contributed by atoms with Gasteiger partial charge in [-0.1, -0.05) is 91.0 Å². The van der Waals surface area contributed by atoms with E-state index in [1.54, 1.807) is 78.9 Å². The summed E-state index contributed by atoms with van der Waals surface area (Å²) >= 11 is 0. The lowest BCUT2D eigenvalue weighted by Gasteiger charge is -2.27. The maximum Gasteiger partial charge on any atom is 0.192 e. The molecule has 0 saturated heterocycles. The minimum atomic E-state index is -1.77. The predicted octanol–water partition coefficient (Wildman–Crippen LogP) is 4.65. The van der Waals surface area contributed by atoms with E-state index in [-0.39, 0.29) is 17.6 Å². The van der Waals surface area contributed by atoms with E-state index >= 15 is 0 Å². The first-order chi connectivity index (χ1) is 14.6. The van der Waals surface area contributed by atoms with Gasteiger partial charge in [-0.3, -0.25) is 4.79 Å². The second-order valence-electron chi connectivity index (χ2n) is 7.34. The second kappa shape index (κ2) is 7.44. The van der Waals surface area contributed by atoms with Crippen molar-refractivity contribution in [2.75, 3.05) is 0 Å². The number of carbonyl (C=O) groups is 1. The molecule has 4 heteroatoms. The molecule has 1 atom stereocenters. The summed E-state index contributed by atoms with van der Waals surface area (Å²) in [6, 6.07) is 30.5. The first-order valence-corrected chi connectivity index (χ1v) is 9.56. The molecule has 1 aliphatic rings. The van der Waals surface area contributed by atoms with Crippen LogP contribution in [0.25, 0.3) is 5.57 Å². The van der Waals surface area contributed by atoms with Crippen LogP contribution in [0.2, 0.25) is 0 Å². The zero-order valence-corrected chi connectivity index (χ0v) is 16.1. The summed E-state index contributed by atoms with van der Waals surface area (Å²) in [5.41, 5.74) is -1.64. The molecule has 144 valence electrons. The molecule has 0 bridgehead atoms. The maximum absolute atomic E-state index is 13.7. The molecule has 0 heterocycles. The summed E-state index contributed by atoms with van der Waals surface area (Å²) in [4.78, 5) is 13.7. The van der Waals surface area contributed by atoms with Crippen molar-refractivity contribution in [2.45, 2.75) is 12.0 Å². The number of carbonyl (C=O) groups excluding carboxylic acids is 1. The van der Waals surface area contributed by atoms with E-state index in [1.165, 1.54) is 0 Å². The third kappa shape index (κ3) is 2.92. The third-order valence-corrected chi connectivity index (χ3v) is 5.57. The Morgan fingerprint density at radius 3 is 1.83 bits per heavy atom. The van der Waals surface area contributed by atoms with Crippen molar-refractivity contribution in [1.29, 1.82) is 10.5 Å². The zero-order valence-electron chi connectivity index (χ0n) is 16.1. The SMILES string of the molecule is N#CC1(C#N)CC(O)(c2ccccc2)C(C(=O)c2ccccc2)=C1c1ccccc1. The molecule has 3 aromatic rings. The van der Waals surface area contributed by atoms with E-state index in [2.05, 4.69) is 12.1 Å². The average Bonchev–Trinajstić information content (AvgIpc) is 3.10. The number of benzene rings is 3. The highest BCUT2D eigenvalue weighted by Gasteiger charge is 2.57. The third-order valence-electron chi connectivity index (χ3n) is 5.57. The van der Waals surface area contributed by atoms with Crippen LogP contribution in [-0.4, -0.2) is 10.9 Å². The Kier molecular flexibility index (Phi) is 4.80. The Bertz CT molecular complexity index is 1190. The van der Waals surface area contributed by atoms with Crippen molar-refractivity contribution in [2.24, 2.45) is 5.41 Å². The first-order valence-electron chi connectivity index (χ1n) is 9.56. The fourth-order valence-corrected chi connectivity index (χ4v) is 4.19. The molecule has 1 aliphatic carbocycles. The van der Waals surface area contributed by atoms with E-state index in [0.29, 0.717) is 16.7 Å². The van der Waals surface area contributed by atoms with Gasteiger partial charge in [0.25, 0.3) is 0 Å². The topological polar surface area (TPSA) is 84.9 Å². The van der Waals surface area contributed by atoms with Gasteiger partial charge in [0, 0.05) is 23.1 Å². The van der Waals surface area contributed by atoms with Gasteiger partial charge in [-0.25, -0.2) is 0 Å². The molecule has 4 nitrogen and oxygen atoms in total. The summed E-state index contributed by atoms with van der Waals surface area (Å²) in [6.45, 7) is 0. The summed E-state index contributed by atoms with van der Waals surface area (Å²) in [7, 11) is 0. The summed E-state index contributed by atoms with van der Waals surface area (Å²) in [5, 5.41) is 32.0. The molecule has 0 saturated carbocycles. The van der Waals surface area contributed by atoms with Crippen LogP contribution in [0.1, 0.15) is 27.9 Å². The fourth-order valence-electron chi connectivity index (χ4n) is 4.19. The highest BCUT2D eigenvalue weighted by Crippen LogP contribution is 2.57. The Hall–Kier alpha value is -3.99. The van der Waals surface area contributed by atoms with Crippen LogP contribution in [0.4, 0.5) is 0 Å². The quantitative estimate of drug-likeness (QED) is 0.657. The molecule has 4 rings (SSSR count). The van der Waals surface area contributed by atoms with E-state index in [9.17, 15) is 20.4 Å². The van der Waals surface area contributed by atoms with E-state index < -0.39 is 16.8 Å². The average molecular weight is 390 g/mol. The van der Waals surface area contributed by atoms with Gasteiger partial charge in [-0.15, -0.1) is 0 Å². The molecular weight excluding hydrogens is 372 g/mol. The first kappa shape index (κ1) is 19.3. The largest absolute Gasteiger partial charge is 0.380 e. The number of allylic oxidation sites excluding steroid dienone is 1. The molecule has 3 aromatic carbocycles. The smallest absolute Gasteiger partial charge is 0.192 e. The molecule has 30 heavy (non-hydrogen) atoms. The summed E-state index contributed by atoms with van der Waals surface area (Å²) in [6.07, 6.45) is -0.213.